The molecule has 1 unspecified atom stereocenters. The van der Waals surface area contributed by atoms with E-state index in [2.05, 4.69) is 31.1 Å². The number of azo groups is 1. The molecule has 0 fully saturated rings. The average Bonchev–Trinajstić information content (AvgIpc) is 2.61. The van der Waals surface area contributed by atoms with Crippen molar-refractivity contribution in [3.05, 3.63) is 41.0 Å². The third-order valence-corrected chi connectivity index (χ3v) is 5.56. The molecule has 0 bridgehead atoms. The van der Waals surface area contributed by atoms with Gasteiger partial charge in [-0.3, -0.25) is 4.55 Å². The summed E-state index contributed by atoms with van der Waals surface area (Å²) in [6, 6.07) is 8.51. The van der Waals surface area contributed by atoms with Crippen LogP contribution in [0.2, 0.25) is 0 Å². The Morgan fingerprint density at radius 2 is 2.00 bits per heavy atom. The van der Waals surface area contributed by atoms with Gasteiger partial charge in [-0.2, -0.15) is 8.42 Å². The predicted molar refractivity (Wildman–Crippen MR) is 110 cm³/mol. The number of hydrogen-bond donors (Lipinski definition) is 2. The minimum absolute atomic E-state index is 0.245. The van der Waals surface area contributed by atoms with Gasteiger partial charge in [0.2, 0.25) is 0 Å². The van der Waals surface area contributed by atoms with Gasteiger partial charge in [0.1, 0.15) is 5.69 Å². The molecule has 27 heavy (non-hydrogen) atoms. The molecule has 2 aromatic rings. The third-order valence-electron chi connectivity index (χ3n) is 3.82. The van der Waals surface area contributed by atoms with Crippen molar-refractivity contribution in [3.8, 4) is 0 Å². The molecule has 1 aromatic carbocycles. The van der Waals surface area contributed by atoms with Crippen LogP contribution in [-0.4, -0.2) is 29.9 Å². The second-order valence-corrected chi connectivity index (χ2v) is 8.34. The number of rotatable bonds is 8. The molecule has 2 rings (SSSR count). The van der Waals surface area contributed by atoms with Gasteiger partial charge in [-0.05, 0) is 59.1 Å². The number of aromatic nitrogens is 1. The number of nitrogens with zero attached hydrogens (tertiary/aromatic N) is 4. The van der Waals surface area contributed by atoms with E-state index in [4.69, 9.17) is 5.73 Å². The quantitative estimate of drug-likeness (QED) is 0.338. The van der Waals surface area contributed by atoms with E-state index >= 15 is 0 Å². The van der Waals surface area contributed by atoms with Crippen LogP contribution in [0.3, 0.4) is 0 Å². The van der Waals surface area contributed by atoms with E-state index in [0.29, 0.717) is 35.8 Å². The van der Waals surface area contributed by atoms with Crippen LogP contribution in [0.15, 0.2) is 51.2 Å². The maximum absolute atomic E-state index is 11.7. The van der Waals surface area contributed by atoms with Crippen LogP contribution in [0.25, 0.3) is 0 Å². The first-order valence-electron chi connectivity index (χ1n) is 8.42. The Morgan fingerprint density at radius 1 is 1.26 bits per heavy atom. The highest BCUT2D eigenvalue weighted by atomic mass is 79.9. The Kier molecular flexibility index (Phi) is 7.28. The molecule has 8 nitrogen and oxygen atoms in total. The van der Waals surface area contributed by atoms with Gasteiger partial charge in [-0.15, -0.1) is 10.2 Å². The number of halogens is 1. The van der Waals surface area contributed by atoms with E-state index in [-0.39, 0.29) is 6.42 Å². The normalized spacial score (nSPS) is 13.0. The molecule has 0 radical (unpaired) electrons. The molecule has 3 N–H and O–H groups in total. The maximum Gasteiger partial charge on any atom is 0.286 e. The fourth-order valence-electron chi connectivity index (χ4n) is 2.62. The molecule has 1 atom stereocenters. The van der Waals surface area contributed by atoms with Crippen molar-refractivity contribution in [1.82, 2.24) is 4.98 Å². The molecule has 0 aliphatic rings. The molecular formula is C17H22BrN5O3S. The summed E-state index contributed by atoms with van der Waals surface area (Å²) in [4.78, 5) is 5.73. The molecule has 0 saturated heterocycles. The molecular weight excluding hydrogens is 434 g/mol. The minimum Gasteiger partial charge on any atom is -0.397 e. The van der Waals surface area contributed by atoms with Crippen LogP contribution in [0, 0.1) is 0 Å². The number of anilines is 2. The summed E-state index contributed by atoms with van der Waals surface area (Å²) in [7, 11) is -4.23. The lowest BCUT2D eigenvalue weighted by Crippen LogP contribution is -2.41. The van der Waals surface area contributed by atoms with Gasteiger partial charge in [0, 0.05) is 22.9 Å². The van der Waals surface area contributed by atoms with Gasteiger partial charge in [0.15, 0.2) is 11.2 Å². The fraction of sp³-hybridized carbons (Fsp3) is 0.353. The first-order valence-corrected chi connectivity index (χ1v) is 10.7. The molecule has 0 aliphatic heterocycles. The van der Waals surface area contributed by atoms with Crippen molar-refractivity contribution in [2.45, 2.75) is 32.1 Å². The van der Waals surface area contributed by atoms with E-state index in [1.165, 1.54) is 0 Å². The van der Waals surface area contributed by atoms with Crippen LogP contribution in [0.5, 0.6) is 0 Å². The van der Waals surface area contributed by atoms with E-state index in [0.717, 1.165) is 4.47 Å². The van der Waals surface area contributed by atoms with Crippen molar-refractivity contribution >= 4 is 48.9 Å². The Labute approximate surface area is 167 Å². The maximum atomic E-state index is 11.7. The Balaban J connectivity index is 2.31. The SMILES string of the molecule is CCCN(c1ccc(N=Nc2ccc(Br)cn2)c(N)c1)C(CC)S(=O)(=O)O. The lowest BCUT2D eigenvalue weighted by molar-refractivity contribution is 0.459. The highest BCUT2D eigenvalue weighted by Crippen LogP contribution is 2.31. The van der Waals surface area contributed by atoms with Crippen molar-refractivity contribution in [3.63, 3.8) is 0 Å². The summed E-state index contributed by atoms with van der Waals surface area (Å²) in [5.74, 6) is 0.437. The highest BCUT2D eigenvalue weighted by molar-refractivity contribution is 9.10. The molecule has 0 amide bonds. The van der Waals surface area contributed by atoms with Crippen molar-refractivity contribution in [1.29, 1.82) is 0 Å². The summed E-state index contributed by atoms with van der Waals surface area (Å²) in [5, 5.41) is 7.11. The summed E-state index contributed by atoms with van der Waals surface area (Å²) in [5.41, 5.74) is 7.46. The molecule has 1 heterocycles. The van der Waals surface area contributed by atoms with Gasteiger partial charge in [0.05, 0.1) is 5.69 Å². The summed E-state index contributed by atoms with van der Waals surface area (Å²) >= 11 is 3.30. The first kappa shape index (κ1) is 21.3. The zero-order chi connectivity index (χ0) is 20.0. The fourth-order valence-corrected chi connectivity index (χ4v) is 3.82. The van der Waals surface area contributed by atoms with Crippen LogP contribution in [0.1, 0.15) is 26.7 Å². The largest absolute Gasteiger partial charge is 0.397 e. The second kappa shape index (κ2) is 9.25. The Morgan fingerprint density at radius 3 is 2.52 bits per heavy atom. The molecule has 0 spiro atoms. The molecule has 1 aromatic heterocycles. The van der Waals surface area contributed by atoms with Crippen LogP contribution in [-0.2, 0) is 10.1 Å². The van der Waals surface area contributed by atoms with E-state index in [1.807, 2.05) is 6.92 Å². The number of nitrogens with two attached hydrogens (primary N) is 1. The van der Waals surface area contributed by atoms with Crippen molar-refractivity contribution in [2.75, 3.05) is 17.2 Å². The molecule has 0 aliphatic carbocycles. The predicted octanol–water partition coefficient (Wildman–Crippen LogP) is 4.68. The van der Waals surface area contributed by atoms with E-state index in [1.54, 1.807) is 48.4 Å². The van der Waals surface area contributed by atoms with Gasteiger partial charge >= 0.3 is 0 Å². The van der Waals surface area contributed by atoms with Crippen LogP contribution in [0.4, 0.5) is 22.9 Å². The highest BCUT2D eigenvalue weighted by Gasteiger charge is 2.28. The molecule has 10 heteroatoms. The Bertz CT molecular complexity index is 903. The topological polar surface area (TPSA) is 121 Å². The van der Waals surface area contributed by atoms with E-state index < -0.39 is 15.5 Å². The van der Waals surface area contributed by atoms with Crippen molar-refractivity contribution in [2.24, 2.45) is 10.2 Å². The smallest absolute Gasteiger partial charge is 0.286 e. The van der Waals surface area contributed by atoms with Crippen LogP contribution < -0.4 is 10.6 Å². The standard InChI is InChI=1S/C17H22BrN5O3S/c1-3-9-23(17(4-2)27(24,25)26)13-6-7-15(14(19)10-13)21-22-16-8-5-12(18)11-20-16/h5-8,10-11,17H,3-4,9,19H2,1-2H3,(H,24,25,26). The van der Waals surface area contributed by atoms with Gasteiger partial charge < -0.3 is 10.6 Å². The Hall–Kier alpha value is -2.04. The number of benzene rings is 1. The lowest BCUT2D eigenvalue weighted by Gasteiger charge is -2.31. The zero-order valence-corrected chi connectivity index (χ0v) is 17.5. The first-order chi connectivity index (χ1) is 12.8. The minimum atomic E-state index is -4.23. The third kappa shape index (κ3) is 5.72. The summed E-state index contributed by atoms with van der Waals surface area (Å²) in [6.45, 7) is 4.10. The summed E-state index contributed by atoms with van der Waals surface area (Å²) in [6.07, 6.45) is 2.57. The van der Waals surface area contributed by atoms with Gasteiger partial charge in [-0.1, -0.05) is 13.8 Å². The lowest BCUT2D eigenvalue weighted by atomic mass is 10.2. The van der Waals surface area contributed by atoms with Crippen LogP contribution >= 0.6 is 15.9 Å². The van der Waals surface area contributed by atoms with Gasteiger partial charge in [-0.25, -0.2) is 4.98 Å². The zero-order valence-electron chi connectivity index (χ0n) is 15.1. The molecule has 146 valence electrons. The monoisotopic (exact) mass is 455 g/mol. The molecule has 0 saturated carbocycles. The number of hydrogen-bond acceptors (Lipinski definition) is 7. The van der Waals surface area contributed by atoms with Gasteiger partial charge in [0.25, 0.3) is 10.1 Å². The average molecular weight is 456 g/mol. The summed E-state index contributed by atoms with van der Waals surface area (Å²) < 4.78 is 33.8. The number of pyridine rings is 1. The van der Waals surface area contributed by atoms with Crippen molar-refractivity contribution < 1.29 is 13.0 Å². The second-order valence-electron chi connectivity index (χ2n) is 5.85. The van der Waals surface area contributed by atoms with E-state index in [9.17, 15) is 13.0 Å². The number of nitrogen functional groups attached to an aromatic ring is 1.